The molecule has 0 saturated heterocycles. The molecule has 2 N–H and O–H groups in total. The number of hydrogen-bond acceptors (Lipinski definition) is 8. The molecule has 0 radical (unpaired) electrons. The van der Waals surface area contributed by atoms with Crippen molar-refractivity contribution in [2.75, 3.05) is 26.0 Å². The molecule has 11 heteroatoms. The van der Waals surface area contributed by atoms with Gasteiger partial charge in [-0.1, -0.05) is 19.1 Å². The zero-order chi connectivity index (χ0) is 28.4. The average molecular weight is 585 g/mol. The molecular formula is C29H36N4O5S2. The molecule has 2 fully saturated rings. The van der Waals surface area contributed by atoms with Crippen molar-refractivity contribution in [1.29, 1.82) is 0 Å². The Morgan fingerprint density at radius 3 is 2.67 bits per heavy atom. The first-order valence-corrected chi connectivity index (χ1v) is 16.3. The van der Waals surface area contributed by atoms with Crippen molar-refractivity contribution in [1.82, 2.24) is 15.6 Å². The van der Waals surface area contributed by atoms with Gasteiger partial charge in [0.1, 0.15) is 5.01 Å². The maximum absolute atomic E-state index is 13.3. The molecule has 2 unspecified atom stereocenters. The van der Waals surface area contributed by atoms with Gasteiger partial charge in [0.2, 0.25) is 11.8 Å². The molecule has 3 aliphatic rings. The quantitative estimate of drug-likeness (QED) is 0.413. The lowest BCUT2D eigenvalue weighted by molar-refractivity contribution is -0.126. The number of fused-ring (bicyclic) bond motifs is 1. The Morgan fingerprint density at radius 1 is 1.20 bits per heavy atom. The van der Waals surface area contributed by atoms with Crippen molar-refractivity contribution in [3.8, 4) is 0 Å². The number of aryl methyl sites for hydroxylation is 1. The average Bonchev–Trinajstić information content (AvgIpc) is 3.83. The van der Waals surface area contributed by atoms with E-state index < -0.39 is 21.0 Å². The van der Waals surface area contributed by atoms with Crippen molar-refractivity contribution in [2.45, 2.75) is 57.2 Å². The molecule has 0 spiro atoms. The van der Waals surface area contributed by atoms with Crippen LogP contribution in [0, 0.1) is 18.8 Å². The molecule has 40 heavy (non-hydrogen) atoms. The number of carbonyl (C=O) groups is 2. The van der Waals surface area contributed by atoms with Crippen LogP contribution in [-0.2, 0) is 24.2 Å². The molecule has 1 aliphatic heterocycles. The van der Waals surface area contributed by atoms with Gasteiger partial charge < -0.3 is 15.4 Å². The third-order valence-electron chi connectivity index (χ3n) is 7.46. The van der Waals surface area contributed by atoms with Gasteiger partial charge in [-0.25, -0.2) is 13.4 Å². The summed E-state index contributed by atoms with van der Waals surface area (Å²) < 4.78 is 32.4. The minimum Gasteiger partial charge on any atom is -0.384 e. The molecular weight excluding hydrogens is 548 g/mol. The van der Waals surface area contributed by atoms with Crippen LogP contribution in [0.25, 0.3) is 15.8 Å². The largest absolute Gasteiger partial charge is 0.384 e. The molecule has 0 bridgehead atoms. The van der Waals surface area contributed by atoms with E-state index in [4.69, 9.17) is 9.73 Å². The summed E-state index contributed by atoms with van der Waals surface area (Å²) in [7, 11) is -2.56. The Kier molecular flexibility index (Phi) is 8.53. The number of benzene rings is 1. The molecule has 9 nitrogen and oxygen atoms in total. The topological polar surface area (TPSA) is 127 Å². The van der Waals surface area contributed by atoms with Gasteiger partial charge in [0.15, 0.2) is 15.1 Å². The van der Waals surface area contributed by atoms with Gasteiger partial charge in [0.05, 0.1) is 29.1 Å². The number of aromatic nitrogens is 1. The molecule has 1 aromatic carbocycles. The van der Waals surface area contributed by atoms with E-state index in [-0.39, 0.29) is 35.9 Å². The van der Waals surface area contributed by atoms with Gasteiger partial charge in [-0.2, -0.15) is 0 Å². The molecule has 2 atom stereocenters. The van der Waals surface area contributed by atoms with Crippen LogP contribution >= 0.6 is 11.3 Å². The smallest absolute Gasteiger partial charge is 0.245 e. The van der Waals surface area contributed by atoms with Crippen LogP contribution in [-0.4, -0.2) is 63.0 Å². The monoisotopic (exact) mass is 584 g/mol. The minimum atomic E-state index is -3.97. The van der Waals surface area contributed by atoms with Gasteiger partial charge in [0, 0.05) is 25.1 Å². The first-order valence-electron chi connectivity index (χ1n) is 13.8. The zero-order valence-corrected chi connectivity index (χ0v) is 24.7. The number of carbonyl (C=O) groups excluding carboxylic acids is 2. The van der Waals surface area contributed by atoms with Gasteiger partial charge in [-0.05, 0) is 79.7 Å². The van der Waals surface area contributed by atoms with E-state index >= 15 is 0 Å². The summed E-state index contributed by atoms with van der Waals surface area (Å²) in [6.07, 6.45) is 11.4. The number of thiazole rings is 1. The molecule has 2 aliphatic carbocycles. The molecule has 2 amide bonds. The van der Waals surface area contributed by atoms with Crippen molar-refractivity contribution < 1.29 is 22.7 Å². The van der Waals surface area contributed by atoms with Gasteiger partial charge in [-0.15, -0.1) is 11.3 Å². The summed E-state index contributed by atoms with van der Waals surface area (Å²) in [6, 6.07) is 4.06. The van der Waals surface area contributed by atoms with Crippen molar-refractivity contribution in [2.24, 2.45) is 16.8 Å². The van der Waals surface area contributed by atoms with Gasteiger partial charge >= 0.3 is 0 Å². The Labute approximate surface area is 239 Å². The van der Waals surface area contributed by atoms with E-state index in [1.54, 1.807) is 0 Å². The number of aliphatic imine (C=N–C) groups is 1. The fraction of sp³-hybridized carbons (Fsp3) is 0.517. The summed E-state index contributed by atoms with van der Waals surface area (Å²) in [4.78, 5) is 34.9. The summed E-state index contributed by atoms with van der Waals surface area (Å²) >= 11 is 1.18. The predicted molar refractivity (Wildman–Crippen MR) is 158 cm³/mol. The number of ether oxygens (including phenoxy) is 1. The third-order valence-corrected chi connectivity index (χ3v) is 10.6. The first kappa shape index (κ1) is 28.6. The fourth-order valence-corrected chi connectivity index (χ4v) is 7.87. The molecule has 1 aromatic heterocycles. The number of amides is 2. The van der Waals surface area contributed by atoms with E-state index in [0.717, 1.165) is 40.7 Å². The van der Waals surface area contributed by atoms with Crippen molar-refractivity contribution in [3.05, 3.63) is 46.6 Å². The van der Waals surface area contributed by atoms with Crippen LogP contribution in [0.2, 0.25) is 0 Å². The van der Waals surface area contributed by atoms with Crippen LogP contribution in [0.15, 0.2) is 35.5 Å². The molecule has 2 aromatic rings. The highest BCUT2D eigenvalue weighted by Crippen LogP contribution is 2.37. The molecule has 5 rings (SSSR count). The number of methoxy groups -OCH3 is 1. The normalized spacial score (nSPS) is 22.4. The zero-order valence-electron chi connectivity index (χ0n) is 23.1. The lowest BCUT2D eigenvalue weighted by Crippen LogP contribution is -2.41. The van der Waals surface area contributed by atoms with Crippen LogP contribution < -0.4 is 10.6 Å². The van der Waals surface area contributed by atoms with Gasteiger partial charge in [-0.3, -0.25) is 14.6 Å². The highest BCUT2D eigenvalue weighted by atomic mass is 32.2. The van der Waals surface area contributed by atoms with E-state index in [9.17, 15) is 18.0 Å². The Morgan fingerprint density at radius 2 is 1.98 bits per heavy atom. The summed E-state index contributed by atoms with van der Waals surface area (Å²) in [6.45, 7) is 3.88. The van der Waals surface area contributed by atoms with Gasteiger partial charge in [0.25, 0.3) is 0 Å². The second-order valence-electron chi connectivity index (χ2n) is 10.9. The Bertz CT molecular complexity index is 1500. The number of nitrogens with one attached hydrogen (secondary N) is 2. The molecule has 2 saturated carbocycles. The van der Waals surface area contributed by atoms with Crippen molar-refractivity contribution >= 4 is 54.5 Å². The Hall–Kier alpha value is -2.89. The number of nitrogens with zero attached hydrogens (tertiary/aromatic N) is 2. The summed E-state index contributed by atoms with van der Waals surface area (Å²) in [5.74, 6) is -0.421. The fourth-order valence-electron chi connectivity index (χ4n) is 4.91. The summed E-state index contributed by atoms with van der Waals surface area (Å²) in [5, 5.41) is 3.94. The molecule has 2 heterocycles. The van der Waals surface area contributed by atoms with E-state index in [1.165, 1.54) is 37.0 Å². The van der Waals surface area contributed by atoms with E-state index in [2.05, 4.69) is 34.7 Å². The Balaban J connectivity index is 1.46. The summed E-state index contributed by atoms with van der Waals surface area (Å²) in [5.41, 5.74) is 4.85. The highest BCUT2D eigenvalue weighted by Gasteiger charge is 2.37. The maximum atomic E-state index is 13.3. The first-order chi connectivity index (χ1) is 19.2. The second-order valence-corrected chi connectivity index (χ2v) is 14.2. The number of allylic oxidation sites excluding steroid dienone is 3. The number of hydrogen-bond donors (Lipinski definition) is 2. The molecule has 214 valence electrons. The van der Waals surface area contributed by atoms with E-state index in [0.29, 0.717) is 17.4 Å². The van der Waals surface area contributed by atoms with Crippen molar-refractivity contribution in [3.63, 3.8) is 0 Å². The highest BCUT2D eigenvalue weighted by molar-refractivity contribution is 7.92. The van der Waals surface area contributed by atoms with Crippen LogP contribution in [0.4, 0.5) is 0 Å². The van der Waals surface area contributed by atoms with Crippen LogP contribution in [0.1, 0.15) is 60.4 Å². The van der Waals surface area contributed by atoms with Crippen LogP contribution in [0.5, 0.6) is 0 Å². The van der Waals surface area contributed by atoms with Crippen LogP contribution in [0.3, 0.4) is 0 Å². The standard InChI is InChI=1S/C29H36N4O5S2/c1-17-5-4-6-20(15-30-26(17)19-7-8-19)22-14-24-23(13-18(22)2)33-29(39-24)27(40(36,37)12-11-38-3)28(35)31-16-25(34)32-21-9-10-21/h4,6,13-15,17,19,21,27H,5,7-12,16H2,1-3H3,(H,31,35)(H,32,34)/b6-4+,20-15+,30-26?. The third kappa shape index (κ3) is 6.70. The van der Waals surface area contributed by atoms with E-state index in [1.807, 2.05) is 25.3 Å². The number of sulfone groups is 1. The second kappa shape index (κ2) is 11.9. The predicted octanol–water partition coefficient (Wildman–Crippen LogP) is 3.89. The lowest BCUT2D eigenvalue weighted by Gasteiger charge is -2.15. The number of rotatable bonds is 11. The minimum absolute atomic E-state index is 0.0507. The maximum Gasteiger partial charge on any atom is 0.245 e. The SMILES string of the molecule is COCCS(=O)(=O)C(C(=O)NCC(=O)NC1CC1)c1nc2cc(C)c(C3=C/N=C(C4CC4)C(C)C\C=C\3)cc2s1. The lowest BCUT2D eigenvalue weighted by atomic mass is 9.94.